The van der Waals surface area contributed by atoms with Gasteiger partial charge in [-0.1, -0.05) is 6.92 Å². The number of anilines is 1. The van der Waals surface area contributed by atoms with Crippen molar-refractivity contribution in [1.82, 2.24) is 9.55 Å². The number of rotatable bonds is 3. The second kappa shape index (κ2) is 5.25. The second-order valence-corrected chi connectivity index (χ2v) is 5.11. The van der Waals surface area contributed by atoms with Crippen molar-refractivity contribution in [2.45, 2.75) is 32.9 Å². The van der Waals surface area contributed by atoms with Gasteiger partial charge in [-0.3, -0.25) is 4.79 Å². The second-order valence-electron chi connectivity index (χ2n) is 5.11. The molecule has 1 amide bonds. The van der Waals surface area contributed by atoms with Crippen LogP contribution in [0, 0.1) is 0 Å². The van der Waals surface area contributed by atoms with Gasteiger partial charge in [0, 0.05) is 25.7 Å². The summed E-state index contributed by atoms with van der Waals surface area (Å²) in [4.78, 5) is 18.3. The largest absolute Gasteiger partial charge is 0.372 e. The van der Waals surface area contributed by atoms with Gasteiger partial charge in [-0.15, -0.1) is 0 Å². The molecule has 3 rings (SSSR count). The normalized spacial score (nSPS) is 14.3. The number of carbonyl (C=O) groups excluding carboxylic acids is 1. The highest BCUT2D eigenvalue weighted by molar-refractivity contribution is 5.94. The number of hydrogen-bond donors (Lipinski definition) is 0. The fourth-order valence-corrected chi connectivity index (χ4v) is 2.58. The van der Waals surface area contributed by atoms with Crippen molar-refractivity contribution in [3.8, 4) is 0 Å². The SMILES string of the molecule is CCCC(=O)N(C)c1ccc2c(c1)nc1n2CCOC1. The van der Waals surface area contributed by atoms with E-state index in [9.17, 15) is 4.79 Å². The first kappa shape index (κ1) is 13.1. The molecule has 0 saturated heterocycles. The van der Waals surface area contributed by atoms with Gasteiger partial charge in [0.15, 0.2) is 0 Å². The molecule has 106 valence electrons. The highest BCUT2D eigenvalue weighted by Crippen LogP contribution is 2.24. The van der Waals surface area contributed by atoms with Crippen LogP contribution in [0.4, 0.5) is 5.69 Å². The van der Waals surface area contributed by atoms with Gasteiger partial charge >= 0.3 is 0 Å². The summed E-state index contributed by atoms with van der Waals surface area (Å²) in [5.41, 5.74) is 2.94. The van der Waals surface area contributed by atoms with Crippen molar-refractivity contribution in [2.75, 3.05) is 18.6 Å². The number of fused-ring (bicyclic) bond motifs is 3. The summed E-state index contributed by atoms with van der Waals surface area (Å²) in [5.74, 6) is 1.10. The van der Waals surface area contributed by atoms with E-state index in [0.717, 1.165) is 42.1 Å². The summed E-state index contributed by atoms with van der Waals surface area (Å²) in [6.07, 6.45) is 1.43. The molecule has 0 saturated carbocycles. The molecule has 0 unspecified atom stereocenters. The van der Waals surface area contributed by atoms with Crippen molar-refractivity contribution < 1.29 is 9.53 Å². The number of amides is 1. The van der Waals surface area contributed by atoms with Crippen LogP contribution in [0.3, 0.4) is 0 Å². The lowest BCUT2D eigenvalue weighted by Crippen LogP contribution is -2.25. The summed E-state index contributed by atoms with van der Waals surface area (Å²) in [5, 5.41) is 0. The average molecular weight is 273 g/mol. The van der Waals surface area contributed by atoms with Gasteiger partial charge in [0.05, 0.1) is 17.6 Å². The van der Waals surface area contributed by atoms with E-state index >= 15 is 0 Å². The molecule has 0 N–H and O–H groups in total. The molecule has 5 heteroatoms. The number of carbonyl (C=O) groups is 1. The Kier molecular flexibility index (Phi) is 3.44. The molecule has 0 spiro atoms. The molecule has 0 aliphatic carbocycles. The van der Waals surface area contributed by atoms with Crippen LogP contribution in [0.2, 0.25) is 0 Å². The lowest BCUT2D eigenvalue weighted by atomic mass is 10.2. The number of hydrogen-bond acceptors (Lipinski definition) is 3. The van der Waals surface area contributed by atoms with Gasteiger partial charge in [0.2, 0.25) is 5.91 Å². The van der Waals surface area contributed by atoms with E-state index < -0.39 is 0 Å². The summed E-state index contributed by atoms with van der Waals surface area (Å²) in [7, 11) is 1.82. The number of aromatic nitrogens is 2. The molecule has 20 heavy (non-hydrogen) atoms. The summed E-state index contributed by atoms with van der Waals surface area (Å²) < 4.78 is 7.62. The number of imidazole rings is 1. The molecule has 2 heterocycles. The van der Waals surface area contributed by atoms with E-state index in [4.69, 9.17) is 4.74 Å². The van der Waals surface area contributed by atoms with E-state index in [-0.39, 0.29) is 5.91 Å². The average Bonchev–Trinajstić information content (AvgIpc) is 2.84. The molecular weight excluding hydrogens is 254 g/mol. The Morgan fingerprint density at radius 1 is 1.50 bits per heavy atom. The van der Waals surface area contributed by atoms with Gasteiger partial charge in [-0.05, 0) is 24.6 Å². The van der Waals surface area contributed by atoms with Crippen molar-refractivity contribution in [3.63, 3.8) is 0 Å². The maximum Gasteiger partial charge on any atom is 0.226 e. The van der Waals surface area contributed by atoms with Gasteiger partial charge in [0.25, 0.3) is 0 Å². The van der Waals surface area contributed by atoms with Gasteiger partial charge in [0.1, 0.15) is 12.4 Å². The Morgan fingerprint density at radius 2 is 2.35 bits per heavy atom. The minimum Gasteiger partial charge on any atom is -0.372 e. The van der Waals surface area contributed by atoms with Crippen LogP contribution < -0.4 is 4.90 Å². The zero-order chi connectivity index (χ0) is 14.1. The lowest BCUT2D eigenvalue weighted by Gasteiger charge is -2.17. The molecule has 0 atom stereocenters. The first-order valence-electron chi connectivity index (χ1n) is 7.04. The Balaban J connectivity index is 1.97. The summed E-state index contributed by atoms with van der Waals surface area (Å²) in [6, 6.07) is 6.01. The minimum absolute atomic E-state index is 0.138. The van der Waals surface area contributed by atoms with Gasteiger partial charge in [-0.25, -0.2) is 4.98 Å². The zero-order valence-electron chi connectivity index (χ0n) is 11.9. The van der Waals surface area contributed by atoms with Crippen LogP contribution >= 0.6 is 0 Å². The molecular formula is C15H19N3O2. The first-order chi connectivity index (χ1) is 9.70. The molecule has 1 aromatic carbocycles. The fraction of sp³-hybridized carbons (Fsp3) is 0.467. The quantitative estimate of drug-likeness (QED) is 0.862. The van der Waals surface area contributed by atoms with Crippen LogP contribution in [0.5, 0.6) is 0 Å². The van der Waals surface area contributed by atoms with E-state index in [1.54, 1.807) is 4.90 Å². The zero-order valence-corrected chi connectivity index (χ0v) is 11.9. The topological polar surface area (TPSA) is 47.4 Å². The Morgan fingerprint density at radius 3 is 3.15 bits per heavy atom. The van der Waals surface area contributed by atoms with E-state index in [0.29, 0.717) is 13.0 Å². The standard InChI is InChI=1S/C15H19N3O2/c1-3-4-15(19)17(2)11-5-6-13-12(9-11)16-14-10-20-8-7-18(13)14/h5-6,9H,3-4,7-8,10H2,1-2H3. The molecule has 2 aromatic rings. The highest BCUT2D eigenvalue weighted by atomic mass is 16.5. The van der Waals surface area contributed by atoms with Crippen LogP contribution in [0.15, 0.2) is 18.2 Å². The number of ether oxygens (including phenoxy) is 1. The predicted octanol–water partition coefficient (Wildman–Crippen LogP) is 2.33. The molecule has 1 aliphatic heterocycles. The maximum atomic E-state index is 12.0. The molecule has 0 radical (unpaired) electrons. The summed E-state index contributed by atoms with van der Waals surface area (Å²) in [6.45, 7) is 4.15. The third kappa shape index (κ3) is 2.18. The van der Waals surface area contributed by atoms with Gasteiger partial charge in [-0.2, -0.15) is 0 Å². The van der Waals surface area contributed by atoms with Crippen LogP contribution in [-0.2, 0) is 22.7 Å². The van der Waals surface area contributed by atoms with E-state index in [1.807, 2.05) is 32.2 Å². The van der Waals surface area contributed by atoms with E-state index in [2.05, 4.69) is 9.55 Å². The Bertz CT molecular complexity index is 648. The third-order valence-corrected chi connectivity index (χ3v) is 3.73. The smallest absolute Gasteiger partial charge is 0.226 e. The summed E-state index contributed by atoms with van der Waals surface area (Å²) >= 11 is 0. The highest BCUT2D eigenvalue weighted by Gasteiger charge is 2.16. The maximum absolute atomic E-state index is 12.0. The van der Waals surface area contributed by atoms with Crippen molar-refractivity contribution in [2.24, 2.45) is 0 Å². The fourth-order valence-electron chi connectivity index (χ4n) is 2.58. The first-order valence-corrected chi connectivity index (χ1v) is 7.04. The molecule has 0 fully saturated rings. The monoisotopic (exact) mass is 273 g/mol. The minimum atomic E-state index is 0.138. The van der Waals surface area contributed by atoms with Crippen molar-refractivity contribution in [3.05, 3.63) is 24.0 Å². The number of benzene rings is 1. The predicted molar refractivity (Wildman–Crippen MR) is 77.7 cm³/mol. The number of nitrogens with zero attached hydrogens (tertiary/aromatic N) is 3. The molecule has 5 nitrogen and oxygen atoms in total. The molecule has 1 aliphatic rings. The Labute approximate surface area is 118 Å². The van der Waals surface area contributed by atoms with Gasteiger partial charge < -0.3 is 14.2 Å². The molecule has 1 aromatic heterocycles. The van der Waals surface area contributed by atoms with E-state index in [1.165, 1.54) is 0 Å². The van der Waals surface area contributed by atoms with Crippen molar-refractivity contribution >= 4 is 22.6 Å². The van der Waals surface area contributed by atoms with Crippen LogP contribution in [0.25, 0.3) is 11.0 Å². The van der Waals surface area contributed by atoms with Crippen molar-refractivity contribution in [1.29, 1.82) is 0 Å². The Hall–Kier alpha value is -1.88. The van der Waals surface area contributed by atoms with Crippen LogP contribution in [-0.4, -0.2) is 29.1 Å². The third-order valence-electron chi connectivity index (χ3n) is 3.73. The molecule has 0 bridgehead atoms. The lowest BCUT2D eigenvalue weighted by molar-refractivity contribution is -0.118. The van der Waals surface area contributed by atoms with Crippen LogP contribution in [0.1, 0.15) is 25.6 Å².